The summed E-state index contributed by atoms with van der Waals surface area (Å²) in [6.45, 7) is -0.758. The van der Waals surface area contributed by atoms with Crippen molar-refractivity contribution in [3.8, 4) is 0 Å². The Morgan fingerprint density at radius 1 is 1.29 bits per heavy atom. The number of benzene rings is 1. The topological polar surface area (TPSA) is 115 Å². The first-order valence-electron chi connectivity index (χ1n) is 4.26. The van der Waals surface area contributed by atoms with Crippen molar-refractivity contribution in [2.24, 2.45) is 5.73 Å². The van der Waals surface area contributed by atoms with E-state index in [1.807, 2.05) is 0 Å². The van der Waals surface area contributed by atoms with Gasteiger partial charge in [-0.1, -0.05) is 0 Å². The minimum absolute atomic E-state index is 0.256. The van der Waals surface area contributed by atoms with Crippen LogP contribution in [0.2, 0.25) is 0 Å². The fourth-order valence-corrected chi connectivity index (χ4v) is 2.18. The van der Waals surface area contributed by atoms with Gasteiger partial charge in [-0.05, 0) is 12.1 Å². The molecule has 0 radical (unpaired) electrons. The number of anilines is 1. The van der Waals surface area contributed by atoms with Crippen LogP contribution >= 0.6 is 0 Å². The monoisotopic (exact) mass is 265 g/mol. The molecule has 0 heterocycles. The lowest BCUT2D eigenvalue weighted by Gasteiger charge is -2.07. The Hall–Kier alpha value is -1.74. The van der Waals surface area contributed by atoms with Gasteiger partial charge in [0.1, 0.15) is 11.6 Å². The Bertz CT molecular complexity index is 536. The summed E-state index contributed by atoms with van der Waals surface area (Å²) in [6.07, 6.45) is 0. The highest BCUT2D eigenvalue weighted by Gasteiger charge is 2.24. The fourth-order valence-electron chi connectivity index (χ4n) is 1.07. The Balaban J connectivity index is 3.20. The van der Waals surface area contributed by atoms with Crippen LogP contribution in [0.4, 0.5) is 14.5 Å². The van der Waals surface area contributed by atoms with Crippen molar-refractivity contribution in [3.05, 3.63) is 23.8 Å². The molecule has 0 aliphatic rings. The predicted octanol–water partition coefficient (Wildman–Crippen LogP) is -0.689. The largest absolute Gasteiger partial charge is 0.399 e. The molecule has 0 fully saturated rings. The quantitative estimate of drug-likeness (QED) is 0.625. The van der Waals surface area contributed by atoms with Crippen molar-refractivity contribution in [1.82, 2.24) is 4.72 Å². The molecule has 0 saturated heterocycles. The zero-order valence-electron chi connectivity index (χ0n) is 8.41. The minimum Gasteiger partial charge on any atom is -0.399 e. The highest BCUT2D eigenvalue weighted by molar-refractivity contribution is 7.89. The Morgan fingerprint density at radius 3 is 2.18 bits per heavy atom. The average Bonchev–Trinajstić information content (AvgIpc) is 2.12. The Morgan fingerprint density at radius 2 is 1.76 bits per heavy atom. The number of nitrogens with one attached hydrogen (secondary N) is 1. The van der Waals surface area contributed by atoms with Gasteiger partial charge in [0.05, 0.1) is 6.54 Å². The Labute approximate surface area is 95.6 Å². The fraction of sp³-hybridized carbons (Fsp3) is 0.125. The van der Waals surface area contributed by atoms with Gasteiger partial charge in [-0.3, -0.25) is 4.79 Å². The summed E-state index contributed by atoms with van der Waals surface area (Å²) in [6, 6.07) is 1.31. The van der Waals surface area contributed by atoms with Crippen LogP contribution in [0, 0.1) is 11.6 Å². The molecule has 0 spiro atoms. The molecule has 0 aromatic heterocycles. The normalized spacial score (nSPS) is 11.4. The molecule has 0 unspecified atom stereocenters. The molecule has 0 bridgehead atoms. The zero-order valence-corrected chi connectivity index (χ0v) is 9.22. The highest BCUT2D eigenvalue weighted by atomic mass is 32.2. The van der Waals surface area contributed by atoms with Crippen molar-refractivity contribution >= 4 is 21.6 Å². The maximum absolute atomic E-state index is 13.3. The van der Waals surface area contributed by atoms with Crippen molar-refractivity contribution < 1.29 is 22.0 Å². The van der Waals surface area contributed by atoms with Gasteiger partial charge in [0.25, 0.3) is 0 Å². The van der Waals surface area contributed by atoms with Crippen molar-refractivity contribution in [2.45, 2.75) is 4.90 Å². The van der Waals surface area contributed by atoms with E-state index < -0.39 is 39.0 Å². The standard InChI is InChI=1S/C8H9F2N3O3S/c9-5-1-4(11)2-6(10)8(5)17(15,16)13-3-7(12)14/h1-2,13H,3,11H2,(H2,12,14). The molecule has 1 aromatic rings. The second-order valence-corrected chi connectivity index (χ2v) is 4.81. The molecule has 17 heavy (non-hydrogen) atoms. The number of nitrogens with two attached hydrogens (primary N) is 2. The summed E-state index contributed by atoms with van der Waals surface area (Å²) in [4.78, 5) is 9.19. The number of halogens is 2. The summed E-state index contributed by atoms with van der Waals surface area (Å²) in [7, 11) is -4.49. The molecule has 94 valence electrons. The molecule has 6 nitrogen and oxygen atoms in total. The van der Waals surface area contributed by atoms with E-state index in [0.717, 1.165) is 0 Å². The molecule has 0 atom stereocenters. The number of primary amides is 1. The maximum Gasteiger partial charge on any atom is 0.246 e. The van der Waals surface area contributed by atoms with Crippen LogP contribution in [-0.4, -0.2) is 20.9 Å². The van der Waals surface area contributed by atoms with Crippen LogP contribution in [-0.2, 0) is 14.8 Å². The number of amides is 1. The lowest BCUT2D eigenvalue weighted by Crippen LogP contribution is -2.34. The summed E-state index contributed by atoms with van der Waals surface area (Å²) in [5.74, 6) is -3.68. The third-order valence-electron chi connectivity index (χ3n) is 1.73. The van der Waals surface area contributed by atoms with Crippen molar-refractivity contribution in [1.29, 1.82) is 0 Å². The first-order valence-corrected chi connectivity index (χ1v) is 5.75. The van der Waals surface area contributed by atoms with E-state index in [0.29, 0.717) is 12.1 Å². The zero-order chi connectivity index (χ0) is 13.2. The molecule has 0 aliphatic heterocycles. The van der Waals surface area contributed by atoms with E-state index in [9.17, 15) is 22.0 Å². The lowest BCUT2D eigenvalue weighted by molar-refractivity contribution is -0.116. The number of sulfonamides is 1. The Kier molecular flexibility index (Phi) is 3.63. The second-order valence-electron chi connectivity index (χ2n) is 3.10. The first-order chi connectivity index (χ1) is 7.74. The van der Waals surface area contributed by atoms with Crippen LogP contribution < -0.4 is 16.2 Å². The van der Waals surface area contributed by atoms with E-state index in [2.05, 4.69) is 0 Å². The number of carbonyl (C=O) groups is 1. The minimum atomic E-state index is -4.49. The average molecular weight is 265 g/mol. The van der Waals surface area contributed by atoms with E-state index in [1.54, 1.807) is 4.72 Å². The number of carbonyl (C=O) groups excluding carboxylic acids is 1. The third-order valence-corrected chi connectivity index (χ3v) is 3.18. The number of hydrogen-bond acceptors (Lipinski definition) is 4. The summed E-state index contributed by atoms with van der Waals surface area (Å²) in [5.41, 5.74) is 9.57. The van der Waals surface area contributed by atoms with Crippen LogP contribution in [0.1, 0.15) is 0 Å². The molecule has 1 amide bonds. The number of rotatable bonds is 4. The summed E-state index contributed by atoms with van der Waals surface area (Å²) in [5, 5.41) is 0. The molecular formula is C8H9F2N3O3S. The van der Waals surface area contributed by atoms with E-state index >= 15 is 0 Å². The van der Waals surface area contributed by atoms with Gasteiger partial charge in [-0.2, -0.15) is 0 Å². The molecule has 0 aliphatic carbocycles. The molecule has 5 N–H and O–H groups in total. The van der Waals surface area contributed by atoms with Crippen LogP contribution in [0.5, 0.6) is 0 Å². The number of hydrogen-bond donors (Lipinski definition) is 3. The van der Waals surface area contributed by atoms with Crippen molar-refractivity contribution in [3.63, 3.8) is 0 Å². The van der Waals surface area contributed by atoms with Gasteiger partial charge >= 0.3 is 0 Å². The van der Waals surface area contributed by atoms with Crippen LogP contribution in [0.15, 0.2) is 17.0 Å². The van der Waals surface area contributed by atoms with Crippen molar-refractivity contribution in [2.75, 3.05) is 12.3 Å². The van der Waals surface area contributed by atoms with Crippen LogP contribution in [0.25, 0.3) is 0 Å². The maximum atomic E-state index is 13.3. The van der Waals surface area contributed by atoms with Gasteiger partial charge < -0.3 is 11.5 Å². The molecule has 1 rings (SSSR count). The number of nitrogen functional groups attached to an aromatic ring is 1. The summed E-state index contributed by atoms with van der Waals surface area (Å²) >= 11 is 0. The van der Waals surface area contributed by atoms with Gasteiger partial charge in [-0.25, -0.2) is 21.9 Å². The highest BCUT2D eigenvalue weighted by Crippen LogP contribution is 2.21. The SMILES string of the molecule is NC(=O)CNS(=O)(=O)c1c(F)cc(N)cc1F. The first kappa shape index (κ1) is 13.3. The third kappa shape index (κ3) is 3.11. The molecule has 0 saturated carbocycles. The van der Waals surface area contributed by atoms with E-state index in [1.165, 1.54) is 0 Å². The molecule has 1 aromatic carbocycles. The van der Waals surface area contributed by atoms with Gasteiger partial charge in [0.2, 0.25) is 15.9 Å². The summed E-state index contributed by atoms with van der Waals surface area (Å²) < 4.78 is 51.1. The predicted molar refractivity (Wildman–Crippen MR) is 55.2 cm³/mol. The van der Waals surface area contributed by atoms with Gasteiger partial charge in [-0.15, -0.1) is 0 Å². The smallest absolute Gasteiger partial charge is 0.246 e. The van der Waals surface area contributed by atoms with Gasteiger partial charge in [0, 0.05) is 5.69 Å². The van der Waals surface area contributed by atoms with E-state index in [4.69, 9.17) is 11.5 Å². The molecular weight excluding hydrogens is 256 g/mol. The second kappa shape index (κ2) is 4.63. The van der Waals surface area contributed by atoms with E-state index in [-0.39, 0.29) is 5.69 Å². The lowest BCUT2D eigenvalue weighted by atomic mass is 10.3. The van der Waals surface area contributed by atoms with Crippen LogP contribution in [0.3, 0.4) is 0 Å². The van der Waals surface area contributed by atoms with Gasteiger partial charge in [0.15, 0.2) is 4.90 Å². The molecule has 9 heteroatoms.